The Kier molecular flexibility index (Phi) is 4.90. The zero-order valence-electron chi connectivity index (χ0n) is 12.0. The van der Waals surface area contributed by atoms with E-state index in [2.05, 4.69) is 20.2 Å². The van der Waals surface area contributed by atoms with Crippen LogP contribution in [-0.2, 0) is 11.3 Å². The molecule has 1 aliphatic heterocycles. The molecule has 0 atom stereocenters. The van der Waals surface area contributed by atoms with Crippen LogP contribution in [0, 0.1) is 5.92 Å². The van der Waals surface area contributed by atoms with Crippen molar-refractivity contribution in [3.63, 3.8) is 0 Å². The monoisotopic (exact) mass is 336 g/mol. The van der Waals surface area contributed by atoms with Crippen LogP contribution < -0.4 is 10.2 Å². The lowest BCUT2D eigenvalue weighted by Gasteiger charge is -2.31. The first-order valence-corrected chi connectivity index (χ1v) is 8.46. The second-order valence-corrected chi connectivity index (χ2v) is 7.03. The van der Waals surface area contributed by atoms with Crippen LogP contribution in [0.5, 0.6) is 0 Å². The summed E-state index contributed by atoms with van der Waals surface area (Å²) in [5, 5.41) is 3.00. The van der Waals surface area contributed by atoms with Gasteiger partial charge in [0.05, 0.1) is 10.9 Å². The summed E-state index contributed by atoms with van der Waals surface area (Å²) in [6.07, 6.45) is 5.14. The highest BCUT2D eigenvalue weighted by molar-refractivity contribution is 7.16. The van der Waals surface area contributed by atoms with Crippen LogP contribution in [0.1, 0.15) is 17.7 Å². The van der Waals surface area contributed by atoms with E-state index in [1.165, 1.54) is 11.3 Å². The fourth-order valence-electron chi connectivity index (χ4n) is 2.56. The Hall–Kier alpha value is -1.66. The van der Waals surface area contributed by atoms with E-state index in [1.807, 2.05) is 12.1 Å². The molecule has 3 heterocycles. The third kappa shape index (κ3) is 3.75. The van der Waals surface area contributed by atoms with Crippen LogP contribution in [0.4, 0.5) is 5.95 Å². The summed E-state index contributed by atoms with van der Waals surface area (Å²) in [6.45, 7) is 2.18. The standard InChI is InChI=1S/C15H17ClN4OS/c16-13-3-2-12(22-13)10-19-14(21)11-4-8-20(9-5-11)15-17-6-1-7-18-15/h1-3,6-7,11H,4-5,8-10H2,(H,19,21). The van der Waals surface area contributed by atoms with Gasteiger partial charge in [-0.1, -0.05) is 11.6 Å². The number of nitrogens with zero attached hydrogens (tertiary/aromatic N) is 3. The van der Waals surface area contributed by atoms with Crippen LogP contribution >= 0.6 is 22.9 Å². The molecule has 1 N–H and O–H groups in total. The summed E-state index contributed by atoms with van der Waals surface area (Å²) in [4.78, 5) is 23.9. The molecule has 1 aliphatic rings. The minimum atomic E-state index is 0.0652. The van der Waals surface area contributed by atoms with E-state index in [-0.39, 0.29) is 11.8 Å². The highest BCUT2D eigenvalue weighted by Gasteiger charge is 2.25. The maximum absolute atomic E-state index is 12.2. The lowest BCUT2D eigenvalue weighted by Crippen LogP contribution is -2.40. The quantitative estimate of drug-likeness (QED) is 0.932. The molecular weight excluding hydrogens is 320 g/mol. The number of hydrogen-bond donors (Lipinski definition) is 1. The van der Waals surface area contributed by atoms with Gasteiger partial charge in [0.2, 0.25) is 11.9 Å². The van der Waals surface area contributed by atoms with E-state index in [9.17, 15) is 4.79 Å². The number of aromatic nitrogens is 2. The van der Waals surface area contributed by atoms with E-state index in [4.69, 9.17) is 11.6 Å². The Morgan fingerprint density at radius 2 is 2.05 bits per heavy atom. The van der Waals surface area contributed by atoms with E-state index in [1.54, 1.807) is 18.5 Å². The van der Waals surface area contributed by atoms with Crippen molar-refractivity contribution in [2.45, 2.75) is 19.4 Å². The minimum Gasteiger partial charge on any atom is -0.351 e. The minimum absolute atomic E-state index is 0.0652. The number of hydrogen-bond acceptors (Lipinski definition) is 5. The maximum Gasteiger partial charge on any atom is 0.225 e. The smallest absolute Gasteiger partial charge is 0.225 e. The molecule has 1 fully saturated rings. The third-order valence-electron chi connectivity index (χ3n) is 3.77. The van der Waals surface area contributed by atoms with Gasteiger partial charge in [0, 0.05) is 36.3 Å². The van der Waals surface area contributed by atoms with Crippen molar-refractivity contribution in [1.82, 2.24) is 15.3 Å². The zero-order chi connectivity index (χ0) is 15.4. The number of anilines is 1. The average Bonchev–Trinajstić information content (AvgIpc) is 2.99. The van der Waals surface area contributed by atoms with Crippen LogP contribution in [0.15, 0.2) is 30.6 Å². The van der Waals surface area contributed by atoms with Gasteiger partial charge >= 0.3 is 0 Å². The van der Waals surface area contributed by atoms with Crippen molar-refractivity contribution in [2.24, 2.45) is 5.92 Å². The molecule has 5 nitrogen and oxygen atoms in total. The van der Waals surface area contributed by atoms with Gasteiger partial charge in [0.1, 0.15) is 0 Å². The third-order valence-corrected chi connectivity index (χ3v) is 5.00. The van der Waals surface area contributed by atoms with E-state index in [0.29, 0.717) is 6.54 Å². The van der Waals surface area contributed by atoms with Gasteiger partial charge in [0.15, 0.2) is 0 Å². The molecule has 2 aromatic heterocycles. The number of carbonyl (C=O) groups is 1. The Morgan fingerprint density at radius 3 is 2.68 bits per heavy atom. The van der Waals surface area contributed by atoms with Gasteiger partial charge in [-0.05, 0) is 31.0 Å². The lowest BCUT2D eigenvalue weighted by molar-refractivity contribution is -0.125. The maximum atomic E-state index is 12.2. The Bertz CT molecular complexity index is 625. The van der Waals surface area contributed by atoms with Crippen molar-refractivity contribution >= 4 is 34.8 Å². The lowest BCUT2D eigenvalue weighted by atomic mass is 9.96. The topological polar surface area (TPSA) is 58.1 Å². The highest BCUT2D eigenvalue weighted by Crippen LogP contribution is 2.23. The first-order valence-electron chi connectivity index (χ1n) is 7.26. The number of rotatable bonds is 4. The predicted molar refractivity (Wildman–Crippen MR) is 88.1 cm³/mol. The van der Waals surface area contributed by atoms with Crippen molar-refractivity contribution in [1.29, 1.82) is 0 Å². The number of halogens is 1. The van der Waals surface area contributed by atoms with Crippen LogP contribution in [0.2, 0.25) is 4.34 Å². The summed E-state index contributed by atoms with van der Waals surface area (Å²) < 4.78 is 0.750. The molecule has 3 rings (SSSR count). The summed E-state index contributed by atoms with van der Waals surface area (Å²) in [7, 11) is 0. The van der Waals surface area contributed by atoms with Crippen molar-refractivity contribution in [2.75, 3.05) is 18.0 Å². The van der Waals surface area contributed by atoms with E-state index < -0.39 is 0 Å². The van der Waals surface area contributed by atoms with E-state index in [0.717, 1.165) is 41.1 Å². The fourth-order valence-corrected chi connectivity index (χ4v) is 3.59. The highest BCUT2D eigenvalue weighted by atomic mass is 35.5. The summed E-state index contributed by atoms with van der Waals surface area (Å²) in [5.41, 5.74) is 0. The summed E-state index contributed by atoms with van der Waals surface area (Å²) in [6, 6.07) is 5.61. The zero-order valence-corrected chi connectivity index (χ0v) is 13.6. The second kappa shape index (κ2) is 7.07. The average molecular weight is 337 g/mol. The van der Waals surface area contributed by atoms with Crippen LogP contribution in [0.25, 0.3) is 0 Å². The number of amides is 1. The molecule has 1 amide bonds. The molecule has 0 spiro atoms. The molecule has 7 heteroatoms. The van der Waals surface area contributed by atoms with E-state index >= 15 is 0 Å². The molecule has 116 valence electrons. The molecular formula is C15H17ClN4OS. The Balaban J connectivity index is 1.47. The van der Waals surface area contributed by atoms with Crippen molar-refractivity contribution < 1.29 is 4.79 Å². The van der Waals surface area contributed by atoms with Crippen LogP contribution in [-0.4, -0.2) is 29.0 Å². The molecule has 0 saturated carbocycles. The fraction of sp³-hybridized carbons (Fsp3) is 0.400. The molecule has 1 saturated heterocycles. The molecule has 22 heavy (non-hydrogen) atoms. The number of thiophene rings is 1. The van der Waals surface area contributed by atoms with Gasteiger partial charge in [0.25, 0.3) is 0 Å². The normalized spacial score (nSPS) is 15.8. The number of nitrogens with one attached hydrogen (secondary N) is 1. The van der Waals surface area contributed by atoms with Crippen molar-refractivity contribution in [3.05, 3.63) is 39.8 Å². The molecule has 0 aliphatic carbocycles. The van der Waals surface area contributed by atoms with Gasteiger partial charge in [-0.3, -0.25) is 4.79 Å². The van der Waals surface area contributed by atoms with Gasteiger partial charge < -0.3 is 10.2 Å². The SMILES string of the molecule is O=C(NCc1ccc(Cl)s1)C1CCN(c2ncccn2)CC1. The molecule has 0 bridgehead atoms. The largest absolute Gasteiger partial charge is 0.351 e. The molecule has 0 radical (unpaired) electrons. The Labute approximate surface area is 138 Å². The summed E-state index contributed by atoms with van der Waals surface area (Å²) in [5.74, 6) is 0.933. The van der Waals surface area contributed by atoms with Gasteiger partial charge in [-0.2, -0.15) is 0 Å². The van der Waals surface area contributed by atoms with Crippen LogP contribution in [0.3, 0.4) is 0 Å². The predicted octanol–water partition coefficient (Wildman–Crippen LogP) is 2.72. The first kappa shape index (κ1) is 15.2. The first-order chi connectivity index (χ1) is 10.7. The molecule has 2 aromatic rings. The summed E-state index contributed by atoms with van der Waals surface area (Å²) >= 11 is 7.39. The second-order valence-electron chi connectivity index (χ2n) is 5.23. The molecule has 0 unspecified atom stereocenters. The van der Waals surface area contributed by atoms with Gasteiger partial charge in [-0.25, -0.2) is 9.97 Å². The number of carbonyl (C=O) groups excluding carboxylic acids is 1. The Morgan fingerprint density at radius 1 is 1.32 bits per heavy atom. The van der Waals surface area contributed by atoms with Crippen molar-refractivity contribution in [3.8, 4) is 0 Å². The number of piperidine rings is 1. The van der Waals surface area contributed by atoms with Gasteiger partial charge in [-0.15, -0.1) is 11.3 Å². The molecule has 0 aromatic carbocycles.